The molecule has 2 nitrogen and oxygen atoms in total. The molecule has 0 radical (unpaired) electrons. The molecule has 1 fully saturated rings. The maximum Gasteiger partial charge on any atom is 0.238 e. The molecule has 0 spiro atoms. The van der Waals surface area contributed by atoms with Crippen molar-refractivity contribution in [1.29, 1.82) is 0 Å². The Kier molecular flexibility index (Phi) is 4.91. The number of carbonyl (C=O) groups excluding carboxylic acids is 1. The lowest BCUT2D eigenvalue weighted by molar-refractivity contribution is -0.122. The highest BCUT2D eigenvalue weighted by Crippen LogP contribution is 2.40. The zero-order valence-electron chi connectivity index (χ0n) is 9.81. The Morgan fingerprint density at radius 1 is 1.33 bits per heavy atom. The van der Waals surface area contributed by atoms with Crippen LogP contribution in [0.4, 0.5) is 0 Å². The third-order valence-electron chi connectivity index (χ3n) is 3.44. The first-order valence-electron chi connectivity index (χ1n) is 6.02. The second-order valence-electron chi connectivity index (χ2n) is 4.83. The highest BCUT2D eigenvalue weighted by atomic mass is 35.5. The van der Waals surface area contributed by atoms with E-state index in [1.54, 1.807) is 0 Å². The van der Waals surface area contributed by atoms with E-state index in [1.165, 1.54) is 25.7 Å². The first kappa shape index (κ1) is 12.8. The summed E-state index contributed by atoms with van der Waals surface area (Å²) in [6.45, 7) is 4.75. The van der Waals surface area contributed by atoms with Crippen LogP contribution in [0.1, 0.15) is 52.4 Å². The average molecular weight is 232 g/mol. The Labute approximate surface area is 97.8 Å². The molecule has 0 heterocycles. The summed E-state index contributed by atoms with van der Waals surface area (Å²) in [6, 6.07) is 0. The minimum absolute atomic E-state index is 0.00267. The lowest BCUT2D eigenvalue weighted by Crippen LogP contribution is -2.41. The second-order valence-corrected chi connectivity index (χ2v) is 5.26. The number of alkyl halides is 1. The fourth-order valence-electron chi connectivity index (χ4n) is 2.37. The number of amides is 1. The number of rotatable bonds is 3. The van der Waals surface area contributed by atoms with E-state index in [1.807, 2.05) is 6.92 Å². The molecule has 0 aliphatic heterocycles. The second kappa shape index (κ2) is 5.74. The molecule has 0 bridgehead atoms. The van der Waals surface area contributed by atoms with Crippen LogP contribution >= 0.6 is 11.6 Å². The first-order valence-corrected chi connectivity index (χ1v) is 6.45. The van der Waals surface area contributed by atoms with Crippen molar-refractivity contribution in [2.24, 2.45) is 5.41 Å². The molecule has 3 heteroatoms. The molecule has 1 amide bonds. The van der Waals surface area contributed by atoms with Crippen LogP contribution in [0.5, 0.6) is 0 Å². The largest absolute Gasteiger partial charge is 0.355 e. The zero-order valence-corrected chi connectivity index (χ0v) is 10.6. The van der Waals surface area contributed by atoms with Gasteiger partial charge in [-0.15, -0.1) is 11.6 Å². The minimum Gasteiger partial charge on any atom is -0.355 e. The van der Waals surface area contributed by atoms with Crippen molar-refractivity contribution in [3.8, 4) is 0 Å². The van der Waals surface area contributed by atoms with Gasteiger partial charge in [0.15, 0.2) is 0 Å². The molecule has 1 atom stereocenters. The smallest absolute Gasteiger partial charge is 0.238 e. The van der Waals surface area contributed by atoms with Crippen molar-refractivity contribution in [2.75, 3.05) is 6.54 Å². The number of halogens is 1. The Hall–Kier alpha value is -0.240. The number of carbonyl (C=O) groups is 1. The first-order chi connectivity index (χ1) is 7.10. The number of nitrogens with one attached hydrogen (secondary N) is 1. The summed E-state index contributed by atoms with van der Waals surface area (Å²) in [4.78, 5) is 11.7. The van der Waals surface area contributed by atoms with Gasteiger partial charge in [0, 0.05) is 6.54 Å². The van der Waals surface area contributed by atoms with Gasteiger partial charge in [-0.2, -0.15) is 0 Å². The van der Waals surface area contributed by atoms with Gasteiger partial charge in [0.25, 0.3) is 0 Å². The van der Waals surface area contributed by atoms with Crippen LogP contribution in [-0.2, 0) is 4.79 Å². The summed E-state index contributed by atoms with van der Waals surface area (Å²) in [5, 5.41) is 2.45. The maximum atomic E-state index is 11.7. The van der Waals surface area contributed by atoms with E-state index >= 15 is 0 Å². The van der Waals surface area contributed by atoms with Gasteiger partial charge in [-0.25, -0.2) is 0 Å². The molecule has 88 valence electrons. The van der Waals surface area contributed by atoms with Crippen LogP contribution in [0, 0.1) is 5.41 Å². The third-order valence-corrected chi connectivity index (χ3v) is 4.16. The van der Waals surface area contributed by atoms with Gasteiger partial charge < -0.3 is 5.32 Å². The topological polar surface area (TPSA) is 29.1 Å². The fourth-order valence-corrected chi connectivity index (χ4v) is 2.67. The molecule has 1 aliphatic rings. The molecule has 1 N–H and O–H groups in total. The van der Waals surface area contributed by atoms with Gasteiger partial charge in [-0.05, 0) is 25.2 Å². The average Bonchev–Trinajstić information content (AvgIpc) is 2.43. The van der Waals surface area contributed by atoms with Crippen molar-refractivity contribution >= 4 is 17.5 Å². The van der Waals surface area contributed by atoms with E-state index in [0.29, 0.717) is 6.54 Å². The van der Waals surface area contributed by atoms with E-state index in [2.05, 4.69) is 12.2 Å². The van der Waals surface area contributed by atoms with Crippen molar-refractivity contribution < 1.29 is 4.79 Å². The van der Waals surface area contributed by atoms with Crippen LogP contribution in [-0.4, -0.2) is 17.8 Å². The predicted octanol–water partition coefficient (Wildman–Crippen LogP) is 3.09. The Balaban J connectivity index is 2.61. The Morgan fingerprint density at radius 2 is 1.87 bits per heavy atom. The zero-order chi connectivity index (χ0) is 11.3. The van der Waals surface area contributed by atoms with Gasteiger partial charge in [0.2, 0.25) is 5.91 Å². The summed E-state index contributed by atoms with van der Waals surface area (Å²) in [5.41, 5.74) is -0.00267. The predicted molar refractivity (Wildman–Crippen MR) is 64.1 cm³/mol. The van der Waals surface area contributed by atoms with E-state index in [4.69, 9.17) is 11.6 Å². The molecular formula is C12H22ClNO. The molecule has 15 heavy (non-hydrogen) atoms. The number of hydrogen-bond acceptors (Lipinski definition) is 1. The van der Waals surface area contributed by atoms with Gasteiger partial charge in [-0.3, -0.25) is 4.79 Å². The Bertz CT molecular complexity index is 210. The molecule has 1 saturated carbocycles. The summed E-state index contributed by atoms with van der Waals surface area (Å²) < 4.78 is 0. The van der Waals surface area contributed by atoms with Crippen LogP contribution in [0.15, 0.2) is 0 Å². The standard InChI is InChI=1S/C12H22ClNO/c1-3-14-11(15)10(13)12(2)8-6-4-5-7-9-12/h10H,3-9H2,1-2H3,(H,14,15). The fraction of sp³-hybridized carbons (Fsp3) is 0.917. The molecule has 0 aromatic carbocycles. The van der Waals surface area contributed by atoms with E-state index < -0.39 is 0 Å². The maximum absolute atomic E-state index is 11.7. The third kappa shape index (κ3) is 3.37. The lowest BCUT2D eigenvalue weighted by Gasteiger charge is -2.32. The monoisotopic (exact) mass is 231 g/mol. The molecule has 0 saturated heterocycles. The van der Waals surface area contributed by atoms with Gasteiger partial charge in [0.1, 0.15) is 5.38 Å². The van der Waals surface area contributed by atoms with Crippen LogP contribution in [0.25, 0.3) is 0 Å². The summed E-state index contributed by atoms with van der Waals surface area (Å²) in [6.07, 6.45) is 7.15. The molecule has 1 rings (SSSR count). The van der Waals surface area contributed by atoms with Crippen molar-refractivity contribution in [1.82, 2.24) is 5.32 Å². The van der Waals surface area contributed by atoms with Crippen LogP contribution in [0.2, 0.25) is 0 Å². The van der Waals surface area contributed by atoms with Gasteiger partial charge in [0.05, 0.1) is 0 Å². The highest BCUT2D eigenvalue weighted by molar-refractivity contribution is 6.31. The minimum atomic E-state index is -0.365. The summed E-state index contributed by atoms with van der Waals surface area (Å²) in [7, 11) is 0. The van der Waals surface area contributed by atoms with Crippen LogP contribution in [0.3, 0.4) is 0 Å². The number of hydrogen-bond donors (Lipinski definition) is 1. The summed E-state index contributed by atoms with van der Waals surface area (Å²) >= 11 is 6.29. The van der Waals surface area contributed by atoms with E-state index in [-0.39, 0.29) is 16.7 Å². The molecule has 1 unspecified atom stereocenters. The van der Waals surface area contributed by atoms with Gasteiger partial charge >= 0.3 is 0 Å². The highest BCUT2D eigenvalue weighted by Gasteiger charge is 2.37. The molecule has 1 aliphatic carbocycles. The Morgan fingerprint density at radius 3 is 2.33 bits per heavy atom. The lowest BCUT2D eigenvalue weighted by atomic mass is 9.79. The SMILES string of the molecule is CCNC(=O)C(Cl)C1(C)CCCCCC1. The van der Waals surface area contributed by atoms with E-state index in [0.717, 1.165) is 12.8 Å². The van der Waals surface area contributed by atoms with Crippen molar-refractivity contribution in [2.45, 2.75) is 57.7 Å². The molecule has 0 aromatic heterocycles. The molecular weight excluding hydrogens is 210 g/mol. The normalized spacial score (nSPS) is 22.9. The van der Waals surface area contributed by atoms with Crippen molar-refractivity contribution in [3.05, 3.63) is 0 Å². The van der Waals surface area contributed by atoms with Crippen LogP contribution < -0.4 is 5.32 Å². The summed E-state index contributed by atoms with van der Waals surface area (Å²) in [5.74, 6) is 0.00330. The van der Waals surface area contributed by atoms with E-state index in [9.17, 15) is 4.79 Å². The molecule has 0 aromatic rings. The van der Waals surface area contributed by atoms with Crippen molar-refractivity contribution in [3.63, 3.8) is 0 Å². The van der Waals surface area contributed by atoms with Gasteiger partial charge in [-0.1, -0.05) is 32.6 Å². The quantitative estimate of drug-likeness (QED) is 0.587.